The lowest BCUT2D eigenvalue weighted by Crippen LogP contribution is -2.19. The van der Waals surface area contributed by atoms with Gasteiger partial charge in [-0.3, -0.25) is 5.41 Å². The minimum absolute atomic E-state index is 0.0207. The van der Waals surface area contributed by atoms with Crippen LogP contribution in [0, 0.1) is 12.3 Å². The average Bonchev–Trinajstić information content (AvgIpc) is 2.74. The molecule has 0 radical (unpaired) electrons. The Morgan fingerprint density at radius 3 is 2.65 bits per heavy atom. The molecule has 20 heavy (non-hydrogen) atoms. The van der Waals surface area contributed by atoms with Crippen LogP contribution in [0.5, 0.6) is 0 Å². The molecule has 0 aliphatic carbocycles. The first kappa shape index (κ1) is 14.1. The maximum Gasteiger partial charge on any atom is 0.184 e. The van der Waals surface area contributed by atoms with E-state index in [1.54, 1.807) is 18.9 Å². The summed E-state index contributed by atoms with van der Waals surface area (Å²) in [5.41, 5.74) is 8.35. The number of aromatic nitrogens is 3. The van der Waals surface area contributed by atoms with E-state index in [4.69, 9.17) is 16.0 Å². The van der Waals surface area contributed by atoms with Crippen LogP contribution in [0.1, 0.15) is 30.3 Å². The normalized spacial score (nSPS) is 10.8. The summed E-state index contributed by atoms with van der Waals surface area (Å²) in [5, 5.41) is 10.8. The zero-order valence-electron chi connectivity index (χ0n) is 12.2. The topological polar surface area (TPSA) is 102 Å². The van der Waals surface area contributed by atoms with Gasteiger partial charge in [0.25, 0.3) is 0 Å². The molecule has 0 amide bonds. The number of hydrogen-bond donors (Lipinski definition) is 3. The Morgan fingerprint density at radius 1 is 1.45 bits per heavy atom. The van der Waals surface area contributed by atoms with Crippen molar-refractivity contribution in [1.82, 2.24) is 14.7 Å². The fourth-order valence-electron chi connectivity index (χ4n) is 2.37. The summed E-state index contributed by atoms with van der Waals surface area (Å²) in [6, 6.07) is 0. The Kier molecular flexibility index (Phi) is 3.78. The van der Waals surface area contributed by atoms with Gasteiger partial charge in [-0.15, -0.1) is 0 Å². The number of pyridine rings is 1. The number of hydrogen-bond acceptors (Lipinski definition) is 5. The summed E-state index contributed by atoms with van der Waals surface area (Å²) in [6.45, 7) is 3.95. The molecule has 108 valence electrons. The third kappa shape index (κ3) is 2.04. The summed E-state index contributed by atoms with van der Waals surface area (Å²) in [7, 11) is 3.36. The van der Waals surface area contributed by atoms with Crippen LogP contribution in [-0.4, -0.2) is 34.7 Å². The largest absolute Gasteiger partial charge is 0.415 e. The number of amidine groups is 1. The standard InChI is InChI=1S/C13H20N6O/c1-5-6-8-17-13-10(19(8)20-4)9(11(14)15)7(2)12(16-3)18-13/h5-6H2,1-4H3,(H3,14,15)(H,16,18). The number of nitrogens with two attached hydrogens (primary N) is 1. The monoisotopic (exact) mass is 276 g/mol. The van der Waals surface area contributed by atoms with E-state index >= 15 is 0 Å². The second-order valence-electron chi connectivity index (χ2n) is 4.55. The molecular weight excluding hydrogens is 256 g/mol. The molecule has 0 saturated heterocycles. The van der Waals surface area contributed by atoms with Gasteiger partial charge < -0.3 is 15.9 Å². The Bertz CT molecular complexity index is 661. The molecule has 4 N–H and O–H groups in total. The molecule has 0 aromatic carbocycles. The van der Waals surface area contributed by atoms with Gasteiger partial charge in [-0.05, 0) is 13.3 Å². The lowest BCUT2D eigenvalue weighted by molar-refractivity contribution is 0.168. The van der Waals surface area contributed by atoms with Gasteiger partial charge in [-0.1, -0.05) is 6.92 Å². The average molecular weight is 276 g/mol. The maximum atomic E-state index is 7.84. The third-order valence-corrected chi connectivity index (χ3v) is 3.23. The first-order chi connectivity index (χ1) is 9.54. The van der Waals surface area contributed by atoms with Crippen LogP contribution in [0.3, 0.4) is 0 Å². The lowest BCUT2D eigenvalue weighted by Gasteiger charge is -2.12. The van der Waals surface area contributed by atoms with Crippen LogP contribution in [0.25, 0.3) is 11.2 Å². The van der Waals surface area contributed by atoms with E-state index in [0.717, 1.165) is 24.2 Å². The van der Waals surface area contributed by atoms with Gasteiger partial charge in [0, 0.05) is 19.0 Å². The van der Waals surface area contributed by atoms with E-state index in [-0.39, 0.29) is 5.84 Å². The fourth-order valence-corrected chi connectivity index (χ4v) is 2.37. The molecule has 7 heteroatoms. The van der Waals surface area contributed by atoms with Crippen LogP contribution in [0.2, 0.25) is 0 Å². The van der Waals surface area contributed by atoms with Gasteiger partial charge in [0.1, 0.15) is 30.1 Å². The summed E-state index contributed by atoms with van der Waals surface area (Å²) < 4.78 is 1.62. The first-order valence-electron chi connectivity index (χ1n) is 6.53. The molecule has 0 aliphatic rings. The highest BCUT2D eigenvalue weighted by Crippen LogP contribution is 2.26. The third-order valence-electron chi connectivity index (χ3n) is 3.23. The summed E-state index contributed by atoms with van der Waals surface area (Å²) in [5.74, 6) is 1.44. The van der Waals surface area contributed by atoms with Crippen LogP contribution in [0.4, 0.5) is 5.82 Å². The van der Waals surface area contributed by atoms with Crippen molar-refractivity contribution >= 4 is 22.8 Å². The summed E-state index contributed by atoms with van der Waals surface area (Å²) in [6.07, 6.45) is 1.72. The number of imidazole rings is 1. The maximum absolute atomic E-state index is 7.84. The van der Waals surface area contributed by atoms with Crippen molar-refractivity contribution in [2.24, 2.45) is 5.73 Å². The van der Waals surface area contributed by atoms with Crippen molar-refractivity contribution in [2.45, 2.75) is 26.7 Å². The molecule has 0 saturated carbocycles. The zero-order chi connectivity index (χ0) is 14.9. The summed E-state index contributed by atoms with van der Waals surface area (Å²) in [4.78, 5) is 14.4. The molecule has 2 rings (SSSR count). The van der Waals surface area contributed by atoms with Crippen molar-refractivity contribution in [3.8, 4) is 0 Å². The van der Waals surface area contributed by atoms with E-state index in [1.807, 2.05) is 6.92 Å². The van der Waals surface area contributed by atoms with E-state index in [0.29, 0.717) is 22.5 Å². The van der Waals surface area contributed by atoms with Gasteiger partial charge in [-0.25, -0.2) is 9.97 Å². The quantitative estimate of drug-likeness (QED) is 0.560. The molecule has 2 heterocycles. The van der Waals surface area contributed by atoms with Crippen LogP contribution in [0.15, 0.2) is 0 Å². The predicted molar refractivity (Wildman–Crippen MR) is 79.3 cm³/mol. The first-order valence-corrected chi connectivity index (χ1v) is 6.53. The Labute approximate surface area is 117 Å². The molecule has 0 fully saturated rings. The highest BCUT2D eigenvalue weighted by molar-refractivity contribution is 6.07. The molecular formula is C13H20N6O. The van der Waals surface area contributed by atoms with Gasteiger partial charge >= 0.3 is 0 Å². The number of nitrogens with one attached hydrogen (secondary N) is 2. The zero-order valence-corrected chi connectivity index (χ0v) is 12.2. The van der Waals surface area contributed by atoms with Gasteiger partial charge in [-0.2, -0.15) is 4.73 Å². The van der Waals surface area contributed by atoms with Gasteiger partial charge in [0.05, 0.1) is 5.56 Å². The minimum atomic E-state index is -0.0207. The van der Waals surface area contributed by atoms with E-state index < -0.39 is 0 Å². The molecule has 0 spiro atoms. The van der Waals surface area contributed by atoms with Crippen LogP contribution < -0.4 is 15.9 Å². The Hall–Kier alpha value is -2.31. The van der Waals surface area contributed by atoms with Gasteiger partial charge in [0.2, 0.25) is 0 Å². The molecule has 0 atom stereocenters. The number of nitrogens with zero attached hydrogens (tertiary/aromatic N) is 3. The predicted octanol–water partition coefficient (Wildman–Crippen LogP) is 1.08. The minimum Gasteiger partial charge on any atom is -0.415 e. The molecule has 2 aromatic heterocycles. The van der Waals surface area contributed by atoms with Crippen molar-refractivity contribution in [3.05, 3.63) is 17.0 Å². The highest BCUT2D eigenvalue weighted by Gasteiger charge is 2.21. The fraction of sp³-hybridized carbons (Fsp3) is 0.462. The van der Waals surface area contributed by atoms with Crippen molar-refractivity contribution < 1.29 is 4.84 Å². The second-order valence-corrected chi connectivity index (χ2v) is 4.55. The SMILES string of the molecule is CCCc1nc2nc(NC)c(C)c(C(=N)N)c2n1OC. The number of fused-ring (bicyclic) bond motifs is 1. The van der Waals surface area contributed by atoms with Crippen LogP contribution >= 0.6 is 0 Å². The van der Waals surface area contributed by atoms with E-state index in [2.05, 4.69) is 22.2 Å². The number of nitrogen functional groups attached to an aromatic ring is 1. The van der Waals surface area contributed by atoms with Gasteiger partial charge in [0.15, 0.2) is 5.65 Å². The van der Waals surface area contributed by atoms with Crippen molar-refractivity contribution in [3.63, 3.8) is 0 Å². The van der Waals surface area contributed by atoms with Crippen molar-refractivity contribution in [2.75, 3.05) is 19.5 Å². The molecule has 7 nitrogen and oxygen atoms in total. The van der Waals surface area contributed by atoms with E-state index in [1.165, 1.54) is 0 Å². The number of anilines is 1. The molecule has 0 unspecified atom stereocenters. The lowest BCUT2D eigenvalue weighted by atomic mass is 10.1. The Balaban J connectivity index is 2.88. The molecule has 2 aromatic rings. The molecule has 0 bridgehead atoms. The van der Waals surface area contributed by atoms with Crippen LogP contribution in [-0.2, 0) is 6.42 Å². The number of aryl methyl sites for hydroxylation is 1. The number of rotatable bonds is 5. The smallest absolute Gasteiger partial charge is 0.184 e. The van der Waals surface area contributed by atoms with Crippen molar-refractivity contribution in [1.29, 1.82) is 5.41 Å². The Morgan fingerprint density at radius 2 is 2.15 bits per heavy atom. The molecule has 0 aliphatic heterocycles. The highest BCUT2D eigenvalue weighted by atomic mass is 16.6. The van der Waals surface area contributed by atoms with E-state index in [9.17, 15) is 0 Å². The summed E-state index contributed by atoms with van der Waals surface area (Å²) >= 11 is 0. The second kappa shape index (κ2) is 5.36.